The molecule has 0 aromatic heterocycles. The SMILES string of the molecule is CC(F)(CF)C(F)(F)C1(C)OCC(F)(C(F)(F)OC(F)(F)C(F)(F)S(=O)(=O)F)O1. The lowest BCUT2D eigenvalue weighted by Gasteiger charge is -2.39. The first-order chi connectivity index (χ1) is 12.4. The van der Waals surface area contributed by atoms with E-state index in [1.807, 2.05) is 0 Å². The van der Waals surface area contributed by atoms with Crippen LogP contribution in [0.5, 0.6) is 0 Å². The molecule has 0 bridgehead atoms. The second-order valence-corrected chi connectivity index (χ2v) is 7.45. The van der Waals surface area contributed by atoms with E-state index in [0.717, 1.165) is 0 Å². The maximum atomic E-state index is 14.2. The van der Waals surface area contributed by atoms with E-state index in [0.29, 0.717) is 0 Å². The Kier molecular flexibility index (Phi) is 6.05. The van der Waals surface area contributed by atoms with E-state index in [2.05, 4.69) is 14.2 Å². The topological polar surface area (TPSA) is 61.8 Å². The molecule has 0 N–H and O–H groups in total. The molecule has 0 amide bonds. The van der Waals surface area contributed by atoms with Crippen LogP contribution in [0.15, 0.2) is 0 Å². The molecule has 5 nitrogen and oxygen atoms in total. The second kappa shape index (κ2) is 6.74. The van der Waals surface area contributed by atoms with Crippen LogP contribution in [0.25, 0.3) is 0 Å². The number of hydrogen-bond donors (Lipinski definition) is 0. The van der Waals surface area contributed by atoms with Crippen molar-refractivity contribution in [2.24, 2.45) is 0 Å². The minimum atomic E-state index is -7.59. The number of halogens is 12. The number of rotatable bonds is 8. The van der Waals surface area contributed by atoms with Crippen molar-refractivity contribution in [2.75, 3.05) is 13.3 Å². The molecule has 0 aromatic carbocycles. The van der Waals surface area contributed by atoms with Crippen LogP contribution in [0, 0.1) is 0 Å². The van der Waals surface area contributed by atoms with Crippen molar-refractivity contribution in [1.29, 1.82) is 0 Å². The lowest BCUT2D eigenvalue weighted by Crippen LogP contribution is -2.62. The molecule has 1 aliphatic rings. The predicted octanol–water partition coefficient (Wildman–Crippen LogP) is 3.84. The van der Waals surface area contributed by atoms with Crippen molar-refractivity contribution in [1.82, 2.24) is 0 Å². The Morgan fingerprint density at radius 1 is 1.03 bits per heavy atom. The van der Waals surface area contributed by atoms with Crippen LogP contribution in [-0.4, -0.2) is 62.4 Å². The van der Waals surface area contributed by atoms with Crippen molar-refractivity contribution in [3.63, 3.8) is 0 Å². The molecule has 0 aliphatic carbocycles. The average molecular weight is 482 g/mol. The van der Waals surface area contributed by atoms with E-state index >= 15 is 0 Å². The minimum absolute atomic E-state index is 0.114. The third-order valence-corrected chi connectivity index (χ3v) is 4.55. The monoisotopic (exact) mass is 482 g/mol. The van der Waals surface area contributed by atoms with Gasteiger partial charge in [0.25, 0.3) is 0 Å². The second-order valence-electron chi connectivity index (χ2n) is 6.06. The first-order valence-corrected chi connectivity index (χ1v) is 8.25. The summed E-state index contributed by atoms with van der Waals surface area (Å²) in [5, 5.41) is -6.97. The maximum absolute atomic E-state index is 14.2. The molecule has 1 rings (SSSR count). The van der Waals surface area contributed by atoms with E-state index in [4.69, 9.17) is 0 Å². The molecule has 0 spiro atoms. The lowest BCUT2D eigenvalue weighted by atomic mass is 9.94. The van der Waals surface area contributed by atoms with Gasteiger partial charge in [-0.3, -0.25) is 4.74 Å². The van der Waals surface area contributed by atoms with E-state index in [1.54, 1.807) is 0 Å². The van der Waals surface area contributed by atoms with Gasteiger partial charge in [0, 0.05) is 0 Å². The minimum Gasteiger partial charge on any atom is -0.339 e. The lowest BCUT2D eigenvalue weighted by molar-refractivity contribution is -0.474. The molecule has 1 saturated heterocycles. The van der Waals surface area contributed by atoms with E-state index in [9.17, 15) is 60.6 Å². The summed E-state index contributed by atoms with van der Waals surface area (Å²) in [5.41, 5.74) is -4.23. The normalized spacial score (nSPS) is 29.7. The highest BCUT2D eigenvalue weighted by Crippen LogP contribution is 2.55. The zero-order valence-electron chi connectivity index (χ0n) is 13.9. The smallest absolute Gasteiger partial charge is 0.339 e. The molecule has 0 aromatic rings. The molecule has 1 aliphatic heterocycles. The highest BCUT2D eigenvalue weighted by Gasteiger charge is 2.79. The summed E-state index contributed by atoms with van der Waals surface area (Å²) in [4.78, 5) is 0. The Balaban J connectivity index is 3.28. The van der Waals surface area contributed by atoms with Gasteiger partial charge in [0.15, 0.2) is 0 Å². The average Bonchev–Trinajstić information content (AvgIpc) is 2.83. The van der Waals surface area contributed by atoms with Gasteiger partial charge in [-0.05, 0) is 13.8 Å². The number of ether oxygens (including phenoxy) is 3. The summed E-state index contributed by atoms with van der Waals surface area (Å²) in [6, 6.07) is 0. The van der Waals surface area contributed by atoms with Gasteiger partial charge in [-0.25, -0.2) is 13.5 Å². The van der Waals surface area contributed by atoms with Crippen molar-refractivity contribution < 1.29 is 74.8 Å². The standard InChI is InChI=1S/C11H10F12O5S/c1-5(13,3-12)8(15,16)6(2)26-4-7(14,27-6)9(17,18)28-10(19,20)11(21,22)29(23,24)25/h3-4H2,1-2H3. The quantitative estimate of drug-likeness (QED) is 0.389. The molecule has 3 atom stereocenters. The van der Waals surface area contributed by atoms with Gasteiger partial charge in [-0.2, -0.15) is 47.9 Å². The molecule has 174 valence electrons. The van der Waals surface area contributed by atoms with E-state index in [1.165, 1.54) is 0 Å². The van der Waals surface area contributed by atoms with E-state index in [-0.39, 0.29) is 13.8 Å². The molecule has 1 fully saturated rings. The predicted molar refractivity (Wildman–Crippen MR) is 65.7 cm³/mol. The molecular weight excluding hydrogens is 472 g/mol. The Morgan fingerprint density at radius 2 is 1.48 bits per heavy atom. The largest absolute Gasteiger partial charge is 0.464 e. The van der Waals surface area contributed by atoms with Gasteiger partial charge in [0.1, 0.15) is 13.3 Å². The van der Waals surface area contributed by atoms with Gasteiger partial charge in [0.05, 0.1) is 0 Å². The fourth-order valence-electron chi connectivity index (χ4n) is 1.89. The fourth-order valence-corrected chi connectivity index (χ4v) is 2.22. The molecule has 1 heterocycles. The van der Waals surface area contributed by atoms with Crippen LogP contribution in [-0.2, 0) is 24.4 Å². The van der Waals surface area contributed by atoms with Crippen molar-refractivity contribution in [3.05, 3.63) is 0 Å². The summed E-state index contributed by atoms with van der Waals surface area (Å²) < 4.78 is 189. The van der Waals surface area contributed by atoms with Crippen LogP contribution >= 0.6 is 0 Å². The Bertz CT molecular complexity index is 741. The summed E-state index contributed by atoms with van der Waals surface area (Å²) in [7, 11) is -7.59. The fraction of sp³-hybridized carbons (Fsp3) is 1.00. The summed E-state index contributed by atoms with van der Waals surface area (Å²) in [5.74, 6) is -14.7. The van der Waals surface area contributed by atoms with Crippen molar-refractivity contribution in [3.8, 4) is 0 Å². The number of alkyl halides is 11. The molecular formula is C11H10F12O5S. The third kappa shape index (κ3) is 3.87. The Morgan fingerprint density at radius 3 is 1.86 bits per heavy atom. The summed E-state index contributed by atoms with van der Waals surface area (Å²) >= 11 is 0. The summed E-state index contributed by atoms with van der Waals surface area (Å²) in [6.07, 6.45) is -13.4. The number of hydrogen-bond acceptors (Lipinski definition) is 5. The third-order valence-electron chi connectivity index (χ3n) is 3.70. The zero-order chi connectivity index (χ0) is 23.5. The van der Waals surface area contributed by atoms with Crippen LogP contribution in [0.3, 0.4) is 0 Å². The van der Waals surface area contributed by atoms with Gasteiger partial charge < -0.3 is 4.74 Å². The van der Waals surface area contributed by atoms with Gasteiger partial charge in [-0.1, -0.05) is 3.89 Å². The van der Waals surface area contributed by atoms with Crippen LogP contribution in [0.1, 0.15) is 13.8 Å². The van der Waals surface area contributed by atoms with E-state index < -0.39 is 64.2 Å². The zero-order valence-corrected chi connectivity index (χ0v) is 14.7. The first kappa shape index (κ1) is 26.0. The Hall–Kier alpha value is -1.01. The molecule has 0 saturated carbocycles. The Labute approximate surface area is 154 Å². The first-order valence-electron chi connectivity index (χ1n) is 6.87. The molecule has 3 unspecified atom stereocenters. The maximum Gasteiger partial charge on any atom is 0.464 e. The van der Waals surface area contributed by atoms with Crippen LogP contribution in [0.4, 0.5) is 52.2 Å². The molecule has 0 radical (unpaired) electrons. The van der Waals surface area contributed by atoms with Crippen LogP contribution in [0.2, 0.25) is 0 Å². The highest BCUT2D eigenvalue weighted by molar-refractivity contribution is 7.87. The molecule has 18 heteroatoms. The van der Waals surface area contributed by atoms with Gasteiger partial charge in [-0.15, -0.1) is 0 Å². The van der Waals surface area contributed by atoms with Crippen molar-refractivity contribution >= 4 is 10.2 Å². The molecule has 29 heavy (non-hydrogen) atoms. The van der Waals surface area contributed by atoms with Gasteiger partial charge >= 0.3 is 39.5 Å². The summed E-state index contributed by atoms with van der Waals surface area (Å²) in [6.45, 7) is -5.22. The van der Waals surface area contributed by atoms with Crippen LogP contribution < -0.4 is 0 Å². The van der Waals surface area contributed by atoms with Gasteiger partial charge in [0.2, 0.25) is 11.5 Å². The van der Waals surface area contributed by atoms with Crippen molar-refractivity contribution in [2.45, 2.75) is 54.6 Å². The highest BCUT2D eigenvalue weighted by atomic mass is 32.3.